The molecule has 1 atom stereocenters. The number of nitrogens with one attached hydrogen (secondary N) is 2. The van der Waals surface area contributed by atoms with Crippen molar-refractivity contribution in [1.29, 1.82) is 0 Å². The monoisotopic (exact) mass is 247 g/mol. The van der Waals surface area contributed by atoms with E-state index in [4.69, 9.17) is 9.47 Å². The van der Waals surface area contributed by atoms with E-state index in [0.717, 1.165) is 23.6 Å². The number of fused-ring (bicyclic) bond motifs is 1. The molecule has 1 unspecified atom stereocenters. The van der Waals surface area contributed by atoms with Crippen LogP contribution in [0.1, 0.15) is 17.3 Å². The Morgan fingerprint density at radius 1 is 1.39 bits per heavy atom. The molecular formula is C11H13N5O2. The Hall–Kier alpha value is -2.15. The van der Waals surface area contributed by atoms with Crippen LogP contribution in [0.15, 0.2) is 18.2 Å². The van der Waals surface area contributed by atoms with Crippen LogP contribution in [0.3, 0.4) is 0 Å². The van der Waals surface area contributed by atoms with Crippen molar-refractivity contribution in [1.82, 2.24) is 25.9 Å². The van der Waals surface area contributed by atoms with Crippen LogP contribution in [-0.4, -0.2) is 41.0 Å². The number of benzene rings is 1. The van der Waals surface area contributed by atoms with Gasteiger partial charge in [-0.1, -0.05) is 11.3 Å². The van der Waals surface area contributed by atoms with E-state index in [0.29, 0.717) is 5.82 Å². The second-order valence-electron chi connectivity index (χ2n) is 3.99. The van der Waals surface area contributed by atoms with Gasteiger partial charge in [-0.15, -0.1) is 10.2 Å². The van der Waals surface area contributed by atoms with Crippen LogP contribution in [0, 0.1) is 0 Å². The summed E-state index contributed by atoms with van der Waals surface area (Å²) in [5, 5.41) is 17.3. The molecular weight excluding hydrogens is 234 g/mol. The maximum Gasteiger partial charge on any atom is 0.231 e. The number of likely N-dealkylation sites (N-methyl/N-ethyl adjacent to an activating group) is 1. The minimum atomic E-state index is 0.0308. The molecule has 1 aromatic carbocycles. The van der Waals surface area contributed by atoms with Gasteiger partial charge in [0.15, 0.2) is 17.3 Å². The van der Waals surface area contributed by atoms with Crippen LogP contribution in [-0.2, 0) is 0 Å². The third-order valence-electron chi connectivity index (χ3n) is 2.88. The quantitative estimate of drug-likeness (QED) is 0.807. The maximum atomic E-state index is 5.38. The summed E-state index contributed by atoms with van der Waals surface area (Å²) in [6.07, 6.45) is 0. The highest BCUT2D eigenvalue weighted by atomic mass is 16.7. The zero-order valence-electron chi connectivity index (χ0n) is 9.88. The van der Waals surface area contributed by atoms with E-state index >= 15 is 0 Å². The second kappa shape index (κ2) is 4.61. The molecule has 18 heavy (non-hydrogen) atoms. The van der Waals surface area contributed by atoms with Crippen LogP contribution in [0.25, 0.3) is 0 Å². The number of hydrogen-bond acceptors (Lipinski definition) is 6. The first kappa shape index (κ1) is 11.0. The highest BCUT2D eigenvalue weighted by Gasteiger charge is 2.21. The Bertz CT molecular complexity index is 528. The third-order valence-corrected chi connectivity index (χ3v) is 2.88. The molecule has 3 rings (SSSR count). The highest BCUT2D eigenvalue weighted by Crippen LogP contribution is 2.35. The Morgan fingerprint density at radius 3 is 3.06 bits per heavy atom. The van der Waals surface area contributed by atoms with Crippen molar-refractivity contribution in [3.05, 3.63) is 29.6 Å². The predicted octanol–water partition coefficient (Wildman–Crippen LogP) is 0.280. The van der Waals surface area contributed by atoms with Gasteiger partial charge in [-0.3, -0.25) is 0 Å². The first-order valence-corrected chi connectivity index (χ1v) is 5.66. The Labute approximate surface area is 103 Å². The van der Waals surface area contributed by atoms with Crippen molar-refractivity contribution in [3.63, 3.8) is 0 Å². The lowest BCUT2D eigenvalue weighted by molar-refractivity contribution is 0.174. The molecule has 0 bridgehead atoms. The summed E-state index contributed by atoms with van der Waals surface area (Å²) in [4.78, 5) is 0. The molecule has 94 valence electrons. The molecule has 0 aliphatic carbocycles. The van der Waals surface area contributed by atoms with Crippen molar-refractivity contribution in [3.8, 4) is 11.5 Å². The third kappa shape index (κ3) is 1.88. The van der Waals surface area contributed by atoms with E-state index in [-0.39, 0.29) is 12.7 Å². The van der Waals surface area contributed by atoms with Gasteiger partial charge < -0.3 is 14.8 Å². The Morgan fingerprint density at radius 2 is 2.28 bits per heavy atom. The van der Waals surface area contributed by atoms with Crippen LogP contribution in [0.4, 0.5) is 0 Å². The number of ether oxygens (including phenoxy) is 2. The van der Waals surface area contributed by atoms with Gasteiger partial charge in [0, 0.05) is 6.54 Å². The van der Waals surface area contributed by atoms with Gasteiger partial charge in [0.05, 0.1) is 5.92 Å². The van der Waals surface area contributed by atoms with Crippen LogP contribution >= 0.6 is 0 Å². The molecule has 1 aliphatic heterocycles. The van der Waals surface area contributed by atoms with E-state index in [9.17, 15) is 0 Å². The van der Waals surface area contributed by atoms with E-state index in [1.807, 2.05) is 25.2 Å². The fourth-order valence-electron chi connectivity index (χ4n) is 2.01. The van der Waals surface area contributed by atoms with Crippen LogP contribution in [0.2, 0.25) is 0 Å². The molecule has 0 amide bonds. The lowest BCUT2D eigenvalue weighted by atomic mass is 9.98. The van der Waals surface area contributed by atoms with Gasteiger partial charge in [0.25, 0.3) is 0 Å². The normalized spacial score (nSPS) is 14.7. The molecule has 0 radical (unpaired) electrons. The van der Waals surface area contributed by atoms with Gasteiger partial charge in [-0.2, -0.15) is 5.21 Å². The minimum Gasteiger partial charge on any atom is -0.454 e. The number of H-pyrrole nitrogens is 1. The smallest absolute Gasteiger partial charge is 0.231 e. The molecule has 1 aliphatic rings. The number of tetrazole rings is 1. The van der Waals surface area contributed by atoms with Gasteiger partial charge in [-0.25, -0.2) is 0 Å². The van der Waals surface area contributed by atoms with Gasteiger partial charge in [-0.05, 0) is 24.7 Å². The molecule has 2 N–H and O–H groups in total. The van der Waals surface area contributed by atoms with Gasteiger partial charge in [0.2, 0.25) is 6.79 Å². The van der Waals surface area contributed by atoms with Crippen molar-refractivity contribution in [2.75, 3.05) is 20.4 Å². The summed E-state index contributed by atoms with van der Waals surface area (Å²) in [6, 6.07) is 5.85. The van der Waals surface area contributed by atoms with Gasteiger partial charge >= 0.3 is 0 Å². The summed E-state index contributed by atoms with van der Waals surface area (Å²) < 4.78 is 10.7. The largest absolute Gasteiger partial charge is 0.454 e. The summed E-state index contributed by atoms with van der Waals surface area (Å²) in [7, 11) is 1.89. The number of nitrogens with zero attached hydrogens (tertiary/aromatic N) is 3. The summed E-state index contributed by atoms with van der Waals surface area (Å²) in [5.74, 6) is 2.22. The second-order valence-corrected chi connectivity index (χ2v) is 3.99. The molecule has 7 nitrogen and oxygen atoms in total. The predicted molar refractivity (Wildman–Crippen MR) is 62.5 cm³/mol. The summed E-state index contributed by atoms with van der Waals surface area (Å²) in [6.45, 7) is 0.997. The van der Waals surface area contributed by atoms with Crippen molar-refractivity contribution in [2.45, 2.75) is 5.92 Å². The number of hydrogen-bond donors (Lipinski definition) is 2. The molecule has 0 fully saturated rings. The first-order valence-electron chi connectivity index (χ1n) is 5.66. The summed E-state index contributed by atoms with van der Waals surface area (Å²) in [5.41, 5.74) is 1.06. The molecule has 2 aromatic rings. The first-order chi connectivity index (χ1) is 8.88. The SMILES string of the molecule is CNCC(c1ccc2c(c1)OCO2)c1nn[nH]n1. The fourth-order valence-corrected chi connectivity index (χ4v) is 2.01. The molecule has 7 heteroatoms. The average molecular weight is 247 g/mol. The maximum absolute atomic E-state index is 5.38. The molecule has 0 saturated carbocycles. The Kier molecular flexibility index (Phi) is 2.81. The zero-order valence-corrected chi connectivity index (χ0v) is 9.88. The van der Waals surface area contributed by atoms with E-state index < -0.39 is 0 Å². The minimum absolute atomic E-state index is 0.0308. The molecule has 0 spiro atoms. The lowest BCUT2D eigenvalue weighted by Crippen LogP contribution is -2.19. The molecule has 2 heterocycles. The fraction of sp³-hybridized carbons (Fsp3) is 0.364. The standard InChI is InChI=1S/C11H13N5O2/c1-12-5-8(11-13-15-16-14-11)7-2-3-9-10(4-7)18-6-17-9/h2-4,8,12H,5-6H2,1H3,(H,13,14,15,16). The van der Waals surface area contributed by atoms with E-state index in [1.165, 1.54) is 0 Å². The van der Waals surface area contributed by atoms with E-state index in [1.54, 1.807) is 0 Å². The van der Waals surface area contributed by atoms with Crippen LogP contribution in [0.5, 0.6) is 11.5 Å². The highest BCUT2D eigenvalue weighted by molar-refractivity contribution is 5.46. The average Bonchev–Trinajstić information content (AvgIpc) is 3.05. The summed E-state index contributed by atoms with van der Waals surface area (Å²) >= 11 is 0. The lowest BCUT2D eigenvalue weighted by Gasteiger charge is -2.13. The Balaban J connectivity index is 1.95. The van der Waals surface area contributed by atoms with E-state index in [2.05, 4.69) is 25.9 Å². The number of aromatic amines is 1. The molecule has 1 aromatic heterocycles. The van der Waals surface area contributed by atoms with Crippen molar-refractivity contribution in [2.24, 2.45) is 0 Å². The molecule has 0 saturated heterocycles. The number of rotatable bonds is 4. The van der Waals surface area contributed by atoms with Crippen LogP contribution < -0.4 is 14.8 Å². The zero-order chi connectivity index (χ0) is 12.4. The van der Waals surface area contributed by atoms with Gasteiger partial charge in [0.1, 0.15) is 0 Å². The number of aromatic nitrogens is 4. The van der Waals surface area contributed by atoms with Crippen molar-refractivity contribution < 1.29 is 9.47 Å². The topological polar surface area (TPSA) is 85.0 Å². The van der Waals surface area contributed by atoms with Crippen molar-refractivity contribution >= 4 is 0 Å².